The van der Waals surface area contributed by atoms with Gasteiger partial charge in [-0.15, -0.1) is 0 Å². The third-order valence-corrected chi connectivity index (χ3v) is 3.33. The van der Waals surface area contributed by atoms with Crippen LogP contribution in [-0.2, 0) is 11.3 Å². The van der Waals surface area contributed by atoms with E-state index in [9.17, 15) is 4.79 Å². The number of unbranched alkanes of at least 4 members (excludes halogenated alkanes) is 2. The Morgan fingerprint density at radius 2 is 2.06 bits per heavy atom. The number of hydrogen-bond donors (Lipinski definition) is 1. The third kappa shape index (κ3) is 3.05. The Morgan fingerprint density at radius 3 is 2.83 bits per heavy atom. The van der Waals surface area contributed by atoms with Crippen molar-refractivity contribution < 1.29 is 9.90 Å². The van der Waals surface area contributed by atoms with E-state index in [2.05, 4.69) is 10.6 Å². The lowest BCUT2D eigenvalue weighted by molar-refractivity contribution is -0.137. The molecule has 3 nitrogen and oxygen atoms in total. The lowest BCUT2D eigenvalue weighted by Gasteiger charge is -2.06. The SMILES string of the molecule is O=C(O)CCCCCn1ccc2cccc(Cl)c21. The molecule has 1 aromatic carbocycles. The van der Waals surface area contributed by atoms with E-state index in [1.165, 1.54) is 0 Å². The number of carboxylic acid groups (broad SMARTS) is 1. The first-order valence-electron chi connectivity index (χ1n) is 6.13. The fourth-order valence-corrected chi connectivity index (χ4v) is 2.43. The number of carbonyl (C=O) groups is 1. The number of benzene rings is 1. The number of carboxylic acids is 1. The molecule has 1 heterocycles. The van der Waals surface area contributed by atoms with Crippen LogP contribution in [0.25, 0.3) is 10.9 Å². The molecule has 0 aliphatic rings. The molecule has 0 aliphatic heterocycles. The van der Waals surface area contributed by atoms with Gasteiger partial charge in [-0.1, -0.05) is 30.2 Å². The molecule has 1 aromatic heterocycles. The van der Waals surface area contributed by atoms with E-state index in [0.717, 1.165) is 41.7 Å². The topological polar surface area (TPSA) is 42.2 Å². The van der Waals surface area contributed by atoms with Crippen LogP contribution in [0.5, 0.6) is 0 Å². The van der Waals surface area contributed by atoms with Gasteiger partial charge in [-0.3, -0.25) is 4.79 Å². The number of hydrogen-bond acceptors (Lipinski definition) is 1. The zero-order valence-electron chi connectivity index (χ0n) is 10.1. The van der Waals surface area contributed by atoms with Crippen LogP contribution in [0.1, 0.15) is 25.7 Å². The molecule has 1 N–H and O–H groups in total. The molecule has 0 atom stereocenters. The summed E-state index contributed by atoms with van der Waals surface area (Å²) in [5.41, 5.74) is 1.07. The number of aromatic nitrogens is 1. The Hall–Kier alpha value is -1.48. The van der Waals surface area contributed by atoms with E-state index in [-0.39, 0.29) is 6.42 Å². The van der Waals surface area contributed by atoms with Gasteiger partial charge in [0.15, 0.2) is 0 Å². The molecule has 0 unspecified atom stereocenters. The Labute approximate surface area is 111 Å². The summed E-state index contributed by atoms with van der Waals surface area (Å²) in [6.07, 6.45) is 4.93. The van der Waals surface area contributed by atoms with E-state index in [1.54, 1.807) is 0 Å². The summed E-state index contributed by atoms with van der Waals surface area (Å²) in [7, 11) is 0. The number of halogens is 1. The number of nitrogens with zero attached hydrogens (tertiary/aromatic N) is 1. The molecule has 0 saturated heterocycles. The second-order valence-electron chi connectivity index (χ2n) is 4.39. The van der Waals surface area contributed by atoms with E-state index < -0.39 is 5.97 Å². The number of fused-ring (bicyclic) bond motifs is 1. The molecular formula is C14H16ClNO2. The van der Waals surface area contributed by atoms with Crippen LogP contribution in [-0.4, -0.2) is 15.6 Å². The second kappa shape index (κ2) is 5.91. The van der Waals surface area contributed by atoms with Crippen molar-refractivity contribution in [3.8, 4) is 0 Å². The maximum absolute atomic E-state index is 10.4. The Morgan fingerprint density at radius 1 is 1.22 bits per heavy atom. The van der Waals surface area contributed by atoms with Gasteiger partial charge in [-0.2, -0.15) is 0 Å². The van der Waals surface area contributed by atoms with E-state index in [0.29, 0.717) is 0 Å². The zero-order valence-corrected chi connectivity index (χ0v) is 10.9. The highest BCUT2D eigenvalue weighted by Gasteiger charge is 2.04. The van der Waals surface area contributed by atoms with Crippen molar-refractivity contribution in [2.75, 3.05) is 0 Å². The van der Waals surface area contributed by atoms with Crippen molar-refractivity contribution in [1.29, 1.82) is 0 Å². The number of aliphatic carboxylic acids is 1. The van der Waals surface area contributed by atoms with Gasteiger partial charge < -0.3 is 9.67 Å². The van der Waals surface area contributed by atoms with Gasteiger partial charge in [-0.25, -0.2) is 0 Å². The minimum absolute atomic E-state index is 0.257. The van der Waals surface area contributed by atoms with Gasteiger partial charge in [0, 0.05) is 24.5 Å². The highest BCUT2D eigenvalue weighted by Crippen LogP contribution is 2.24. The first kappa shape index (κ1) is 13.0. The first-order chi connectivity index (χ1) is 8.68. The van der Waals surface area contributed by atoms with Gasteiger partial charge in [0.05, 0.1) is 10.5 Å². The van der Waals surface area contributed by atoms with Gasteiger partial charge in [0.2, 0.25) is 0 Å². The van der Waals surface area contributed by atoms with Crippen LogP contribution in [0, 0.1) is 0 Å². The van der Waals surface area contributed by atoms with Crippen LogP contribution in [0.2, 0.25) is 5.02 Å². The summed E-state index contributed by atoms with van der Waals surface area (Å²) in [6, 6.07) is 7.94. The van der Waals surface area contributed by atoms with Crippen molar-refractivity contribution in [2.24, 2.45) is 0 Å². The first-order valence-corrected chi connectivity index (χ1v) is 6.51. The van der Waals surface area contributed by atoms with Gasteiger partial charge >= 0.3 is 5.97 Å². The van der Waals surface area contributed by atoms with Crippen molar-refractivity contribution in [3.63, 3.8) is 0 Å². The molecule has 0 saturated carbocycles. The average molecular weight is 266 g/mol. The van der Waals surface area contributed by atoms with Crippen LogP contribution < -0.4 is 0 Å². The maximum atomic E-state index is 10.4. The van der Waals surface area contributed by atoms with Crippen molar-refractivity contribution in [2.45, 2.75) is 32.2 Å². The van der Waals surface area contributed by atoms with Crippen LogP contribution in [0.4, 0.5) is 0 Å². The molecule has 0 amide bonds. The van der Waals surface area contributed by atoms with Crippen molar-refractivity contribution >= 4 is 28.5 Å². The molecule has 0 fully saturated rings. The summed E-state index contributed by atoms with van der Waals surface area (Å²) in [5.74, 6) is -0.718. The smallest absolute Gasteiger partial charge is 0.303 e. The molecule has 0 radical (unpaired) electrons. The molecule has 4 heteroatoms. The highest BCUT2D eigenvalue weighted by atomic mass is 35.5. The second-order valence-corrected chi connectivity index (χ2v) is 4.80. The summed E-state index contributed by atoms with van der Waals surface area (Å²) in [6.45, 7) is 0.882. The largest absolute Gasteiger partial charge is 0.481 e. The van der Waals surface area contributed by atoms with Gasteiger partial charge in [-0.05, 0) is 25.0 Å². The fourth-order valence-electron chi connectivity index (χ4n) is 2.14. The predicted molar refractivity (Wildman–Crippen MR) is 73.1 cm³/mol. The Balaban J connectivity index is 1.94. The number of rotatable bonds is 6. The fraction of sp³-hybridized carbons (Fsp3) is 0.357. The minimum Gasteiger partial charge on any atom is -0.481 e. The monoisotopic (exact) mass is 265 g/mol. The summed E-state index contributed by atoms with van der Waals surface area (Å²) >= 11 is 6.19. The van der Waals surface area contributed by atoms with E-state index >= 15 is 0 Å². The molecule has 96 valence electrons. The van der Waals surface area contributed by atoms with Crippen LogP contribution >= 0.6 is 11.6 Å². The van der Waals surface area contributed by atoms with Crippen LogP contribution in [0.3, 0.4) is 0 Å². The summed E-state index contributed by atoms with van der Waals surface area (Å²) in [4.78, 5) is 10.4. The molecule has 0 bridgehead atoms. The molecule has 18 heavy (non-hydrogen) atoms. The molecule has 2 aromatic rings. The standard InChI is InChI=1S/C14H16ClNO2/c15-12-6-4-5-11-8-10-16(14(11)12)9-3-1-2-7-13(17)18/h4-6,8,10H,1-3,7,9H2,(H,17,18). The quantitative estimate of drug-likeness (QED) is 0.804. The van der Waals surface area contributed by atoms with Gasteiger partial charge in [0.1, 0.15) is 0 Å². The zero-order chi connectivity index (χ0) is 13.0. The molecule has 0 spiro atoms. The number of para-hydroxylation sites is 1. The Kier molecular flexibility index (Phi) is 4.26. The van der Waals surface area contributed by atoms with E-state index in [1.807, 2.05) is 24.4 Å². The lowest BCUT2D eigenvalue weighted by Crippen LogP contribution is -1.98. The van der Waals surface area contributed by atoms with Gasteiger partial charge in [0.25, 0.3) is 0 Å². The number of aryl methyl sites for hydroxylation is 1. The molecular weight excluding hydrogens is 250 g/mol. The average Bonchev–Trinajstić information content (AvgIpc) is 2.73. The lowest BCUT2D eigenvalue weighted by atomic mass is 10.2. The van der Waals surface area contributed by atoms with Crippen molar-refractivity contribution in [3.05, 3.63) is 35.5 Å². The minimum atomic E-state index is -0.718. The maximum Gasteiger partial charge on any atom is 0.303 e. The van der Waals surface area contributed by atoms with Crippen molar-refractivity contribution in [1.82, 2.24) is 4.57 Å². The Bertz CT molecular complexity index is 548. The third-order valence-electron chi connectivity index (χ3n) is 3.03. The predicted octanol–water partition coefficient (Wildman–Crippen LogP) is 3.94. The molecule has 0 aliphatic carbocycles. The highest BCUT2D eigenvalue weighted by molar-refractivity contribution is 6.35. The van der Waals surface area contributed by atoms with Crippen LogP contribution in [0.15, 0.2) is 30.5 Å². The van der Waals surface area contributed by atoms with E-state index in [4.69, 9.17) is 16.7 Å². The normalized spacial score (nSPS) is 10.9. The summed E-state index contributed by atoms with van der Waals surface area (Å²) < 4.78 is 2.14. The molecule has 2 rings (SSSR count). The summed E-state index contributed by atoms with van der Waals surface area (Å²) in [5, 5.41) is 10.5.